The maximum atomic E-state index is 13.1. The lowest BCUT2D eigenvalue weighted by Crippen LogP contribution is -2.49. The van der Waals surface area contributed by atoms with Crippen molar-refractivity contribution in [3.05, 3.63) is 36.0 Å². The largest absolute Gasteiger partial charge is 0.353 e. The molecule has 1 saturated heterocycles. The summed E-state index contributed by atoms with van der Waals surface area (Å²) < 4.78 is 27.1. The highest BCUT2D eigenvalue weighted by atomic mass is 32.2. The number of piperazine rings is 1. The third kappa shape index (κ3) is 7.03. The molecular weight excluding hydrogens is 436 g/mol. The molecule has 0 saturated carbocycles. The van der Waals surface area contributed by atoms with E-state index in [-0.39, 0.29) is 23.5 Å². The Kier molecular flexibility index (Phi) is 8.93. The number of anilines is 1. The fraction of sp³-hybridized carbons (Fsp3) is 0.680. The Hall–Kier alpha value is -1.93. The van der Waals surface area contributed by atoms with Crippen molar-refractivity contribution in [1.29, 1.82) is 0 Å². The van der Waals surface area contributed by atoms with E-state index < -0.39 is 10.0 Å². The van der Waals surface area contributed by atoms with Crippen LogP contribution in [0.15, 0.2) is 36.0 Å². The molecule has 0 radical (unpaired) electrons. The Morgan fingerprint density at radius 2 is 1.94 bits per heavy atom. The second kappa shape index (κ2) is 11.5. The highest BCUT2D eigenvalue weighted by Gasteiger charge is 2.34. The number of allylic oxidation sites excluding steroid dienone is 1. The smallest absolute Gasteiger partial charge is 0.223 e. The van der Waals surface area contributed by atoms with Gasteiger partial charge >= 0.3 is 0 Å². The Labute approximate surface area is 199 Å². The van der Waals surface area contributed by atoms with E-state index in [0.29, 0.717) is 31.2 Å². The van der Waals surface area contributed by atoms with E-state index >= 15 is 0 Å². The van der Waals surface area contributed by atoms with Gasteiger partial charge in [-0.1, -0.05) is 38.5 Å². The van der Waals surface area contributed by atoms with Crippen LogP contribution in [0.2, 0.25) is 0 Å². The zero-order chi connectivity index (χ0) is 24.0. The molecule has 0 bridgehead atoms. The lowest BCUT2D eigenvalue weighted by molar-refractivity contribution is -0.132. The molecular formula is C25H40N4O3S. The van der Waals surface area contributed by atoms with Crippen molar-refractivity contribution in [2.75, 3.05) is 43.4 Å². The quantitative estimate of drug-likeness (QED) is 0.553. The average Bonchev–Trinajstić information content (AvgIpc) is 2.79. The Bertz CT molecular complexity index is 909. The second-order valence-electron chi connectivity index (χ2n) is 9.84. The predicted molar refractivity (Wildman–Crippen MR) is 133 cm³/mol. The molecule has 2 heterocycles. The molecule has 1 fully saturated rings. The van der Waals surface area contributed by atoms with Crippen LogP contribution >= 0.6 is 0 Å². The molecule has 1 aliphatic carbocycles. The minimum absolute atomic E-state index is 0.166. The van der Waals surface area contributed by atoms with Gasteiger partial charge in [-0.2, -0.15) is 0 Å². The first-order valence-corrected chi connectivity index (χ1v) is 13.9. The van der Waals surface area contributed by atoms with E-state index in [2.05, 4.69) is 41.5 Å². The molecule has 1 aromatic rings. The number of rotatable bonds is 9. The molecule has 0 spiro atoms. The SMILES string of the molecule is CCCS(=O)(=O)NC[C@@H]1C=C(C)[C@H](CC(=O)N2CCN(c3ccccn3)CC2)C[C@H]1C(C)C. The molecule has 33 heavy (non-hydrogen) atoms. The Balaban J connectivity index is 1.58. The fourth-order valence-electron chi connectivity index (χ4n) is 5.14. The van der Waals surface area contributed by atoms with E-state index in [1.807, 2.05) is 30.0 Å². The van der Waals surface area contributed by atoms with Crippen LogP contribution in [0.3, 0.4) is 0 Å². The lowest BCUT2D eigenvalue weighted by atomic mass is 9.70. The van der Waals surface area contributed by atoms with Crippen molar-refractivity contribution < 1.29 is 13.2 Å². The van der Waals surface area contributed by atoms with Crippen LogP contribution in [0.4, 0.5) is 5.82 Å². The standard InChI is InChI=1S/C25H40N4O3S/c1-5-14-33(31,32)27-18-22-15-20(4)21(16-23(22)19(2)3)17-25(30)29-12-10-28(11-13-29)24-8-6-7-9-26-24/h6-9,15,19,21-23,27H,5,10-14,16-18H2,1-4H3/t21-,22-,23-/m0/s1. The van der Waals surface area contributed by atoms with Crippen LogP contribution in [0.25, 0.3) is 0 Å². The number of sulfonamides is 1. The zero-order valence-electron chi connectivity index (χ0n) is 20.5. The molecule has 7 nitrogen and oxygen atoms in total. The summed E-state index contributed by atoms with van der Waals surface area (Å²) in [5, 5.41) is 0. The normalized spacial score (nSPS) is 24.2. The van der Waals surface area contributed by atoms with Gasteiger partial charge in [0.25, 0.3) is 0 Å². The van der Waals surface area contributed by atoms with Gasteiger partial charge in [-0.3, -0.25) is 4.79 Å². The first kappa shape index (κ1) is 25.7. The monoisotopic (exact) mass is 476 g/mol. The average molecular weight is 477 g/mol. The predicted octanol–water partition coefficient (Wildman–Crippen LogP) is 3.30. The fourth-order valence-corrected chi connectivity index (χ4v) is 6.27. The summed E-state index contributed by atoms with van der Waals surface area (Å²) in [4.78, 5) is 21.8. The third-order valence-corrected chi connectivity index (χ3v) is 8.67. The van der Waals surface area contributed by atoms with Gasteiger partial charge in [-0.05, 0) is 55.6 Å². The van der Waals surface area contributed by atoms with Gasteiger partial charge in [0.1, 0.15) is 5.82 Å². The number of hydrogen-bond acceptors (Lipinski definition) is 5. The van der Waals surface area contributed by atoms with Crippen LogP contribution in [-0.2, 0) is 14.8 Å². The molecule has 1 aromatic heterocycles. The molecule has 2 aliphatic rings. The van der Waals surface area contributed by atoms with Gasteiger partial charge in [0.2, 0.25) is 15.9 Å². The third-order valence-electron chi connectivity index (χ3n) is 7.12. The summed E-state index contributed by atoms with van der Waals surface area (Å²) in [6, 6.07) is 5.92. The van der Waals surface area contributed by atoms with Crippen molar-refractivity contribution >= 4 is 21.7 Å². The Morgan fingerprint density at radius 1 is 1.21 bits per heavy atom. The number of carbonyl (C=O) groups excluding carboxylic acids is 1. The summed E-state index contributed by atoms with van der Waals surface area (Å²) in [5.41, 5.74) is 1.21. The van der Waals surface area contributed by atoms with Crippen molar-refractivity contribution in [3.63, 3.8) is 0 Å². The number of nitrogens with zero attached hydrogens (tertiary/aromatic N) is 3. The first-order chi connectivity index (χ1) is 15.7. The van der Waals surface area contributed by atoms with Gasteiger partial charge in [0.15, 0.2) is 0 Å². The zero-order valence-corrected chi connectivity index (χ0v) is 21.4. The number of pyridine rings is 1. The summed E-state index contributed by atoms with van der Waals surface area (Å²) in [6.45, 7) is 11.9. The summed E-state index contributed by atoms with van der Waals surface area (Å²) in [6.07, 6.45) is 6.10. The van der Waals surface area contributed by atoms with Gasteiger partial charge in [0.05, 0.1) is 5.75 Å². The van der Waals surface area contributed by atoms with Gasteiger partial charge in [0, 0.05) is 45.3 Å². The molecule has 3 rings (SSSR count). The molecule has 0 unspecified atom stereocenters. The van der Waals surface area contributed by atoms with E-state index in [1.165, 1.54) is 5.57 Å². The van der Waals surface area contributed by atoms with Gasteiger partial charge in [-0.25, -0.2) is 18.1 Å². The summed E-state index contributed by atoms with van der Waals surface area (Å²) >= 11 is 0. The van der Waals surface area contributed by atoms with E-state index in [0.717, 1.165) is 38.4 Å². The van der Waals surface area contributed by atoms with Gasteiger partial charge < -0.3 is 9.80 Å². The number of hydrogen-bond donors (Lipinski definition) is 1. The van der Waals surface area contributed by atoms with Crippen LogP contribution < -0.4 is 9.62 Å². The summed E-state index contributed by atoms with van der Waals surface area (Å²) in [7, 11) is -3.22. The minimum atomic E-state index is -3.22. The highest BCUT2D eigenvalue weighted by Crippen LogP contribution is 2.39. The second-order valence-corrected chi connectivity index (χ2v) is 11.8. The summed E-state index contributed by atoms with van der Waals surface area (Å²) in [5.74, 6) is 2.53. The maximum Gasteiger partial charge on any atom is 0.223 e. The number of aromatic nitrogens is 1. The van der Waals surface area contributed by atoms with E-state index in [9.17, 15) is 13.2 Å². The molecule has 3 atom stereocenters. The number of nitrogens with one attached hydrogen (secondary N) is 1. The molecule has 1 amide bonds. The topological polar surface area (TPSA) is 82.6 Å². The van der Waals surface area contributed by atoms with Gasteiger partial charge in [-0.15, -0.1) is 0 Å². The molecule has 1 aliphatic heterocycles. The number of carbonyl (C=O) groups is 1. The maximum absolute atomic E-state index is 13.1. The lowest BCUT2D eigenvalue weighted by Gasteiger charge is -2.39. The van der Waals surface area contributed by atoms with Crippen LogP contribution in [0.5, 0.6) is 0 Å². The molecule has 184 valence electrons. The Morgan fingerprint density at radius 3 is 2.55 bits per heavy atom. The van der Waals surface area contributed by atoms with Crippen molar-refractivity contribution in [1.82, 2.24) is 14.6 Å². The minimum Gasteiger partial charge on any atom is -0.353 e. The van der Waals surface area contributed by atoms with Crippen molar-refractivity contribution in [2.45, 2.75) is 47.0 Å². The molecule has 0 aromatic carbocycles. The van der Waals surface area contributed by atoms with Crippen molar-refractivity contribution in [3.8, 4) is 0 Å². The molecule has 1 N–H and O–H groups in total. The molecule has 8 heteroatoms. The van der Waals surface area contributed by atoms with Crippen LogP contribution in [0, 0.1) is 23.7 Å². The number of amides is 1. The highest BCUT2D eigenvalue weighted by molar-refractivity contribution is 7.89. The van der Waals surface area contributed by atoms with E-state index in [1.54, 1.807) is 6.20 Å². The first-order valence-electron chi connectivity index (χ1n) is 12.3. The van der Waals surface area contributed by atoms with Crippen LogP contribution in [0.1, 0.15) is 47.0 Å². The van der Waals surface area contributed by atoms with Crippen LogP contribution in [-0.4, -0.2) is 62.7 Å². The van der Waals surface area contributed by atoms with E-state index in [4.69, 9.17) is 0 Å². The van der Waals surface area contributed by atoms with Crippen molar-refractivity contribution in [2.24, 2.45) is 23.7 Å².